The largest absolute Gasteiger partial charge is 0.437 e. The quantitative estimate of drug-likeness (QED) is 0.794. The molecule has 0 saturated carbocycles. The molecule has 3 rings (SSSR count). The van der Waals surface area contributed by atoms with E-state index >= 15 is 0 Å². The van der Waals surface area contributed by atoms with Gasteiger partial charge in [-0.05, 0) is 24.1 Å². The smallest absolute Gasteiger partial charge is 0.243 e. The van der Waals surface area contributed by atoms with Crippen LogP contribution in [0.1, 0.15) is 18.2 Å². The maximum Gasteiger partial charge on any atom is 0.243 e. The highest BCUT2D eigenvalue weighted by Gasteiger charge is 2.13. The Bertz CT molecular complexity index is 702. The number of benzene rings is 1. The average molecular weight is 273 g/mol. The first-order valence-corrected chi connectivity index (χ1v) is 7.11. The third kappa shape index (κ3) is 2.22. The van der Waals surface area contributed by atoms with Gasteiger partial charge in [0.25, 0.3) is 0 Å². The first kappa shape index (κ1) is 12.2. The van der Waals surface area contributed by atoms with Gasteiger partial charge < -0.3 is 10.5 Å². The van der Waals surface area contributed by atoms with E-state index in [-0.39, 0.29) is 0 Å². The Kier molecular flexibility index (Phi) is 3.23. The standard InChI is InChI=1S/C14H15N3OS/c1-2-10-4-3-5-11(8-10)18-13-12(9-15)17-6-7-19-14(17)16-13/h3-8H,2,9,15H2,1H3. The van der Waals surface area contributed by atoms with E-state index in [0.29, 0.717) is 12.4 Å². The Labute approximate surface area is 115 Å². The van der Waals surface area contributed by atoms with Crippen molar-refractivity contribution >= 4 is 16.3 Å². The van der Waals surface area contributed by atoms with E-state index in [1.165, 1.54) is 5.56 Å². The molecule has 5 heteroatoms. The molecule has 2 aromatic heterocycles. The number of aromatic nitrogens is 2. The molecule has 0 unspecified atom stereocenters. The van der Waals surface area contributed by atoms with Crippen molar-refractivity contribution in [3.05, 3.63) is 47.1 Å². The van der Waals surface area contributed by atoms with Crippen LogP contribution in [0.2, 0.25) is 0 Å². The lowest BCUT2D eigenvalue weighted by molar-refractivity contribution is 0.459. The van der Waals surface area contributed by atoms with E-state index in [1.54, 1.807) is 11.3 Å². The highest BCUT2D eigenvalue weighted by Crippen LogP contribution is 2.28. The van der Waals surface area contributed by atoms with Crippen LogP contribution in [0.3, 0.4) is 0 Å². The lowest BCUT2D eigenvalue weighted by Gasteiger charge is -2.06. The molecule has 0 aliphatic heterocycles. The van der Waals surface area contributed by atoms with Crippen molar-refractivity contribution in [2.75, 3.05) is 0 Å². The summed E-state index contributed by atoms with van der Waals surface area (Å²) in [5.41, 5.74) is 7.94. The molecule has 0 aliphatic carbocycles. The molecule has 2 heterocycles. The van der Waals surface area contributed by atoms with Gasteiger partial charge >= 0.3 is 0 Å². The second kappa shape index (κ2) is 5.03. The van der Waals surface area contributed by atoms with Gasteiger partial charge in [-0.2, -0.15) is 4.98 Å². The summed E-state index contributed by atoms with van der Waals surface area (Å²) in [4.78, 5) is 5.38. The van der Waals surface area contributed by atoms with Gasteiger partial charge in [0, 0.05) is 18.1 Å². The van der Waals surface area contributed by atoms with Gasteiger partial charge in [-0.15, -0.1) is 11.3 Å². The molecule has 0 radical (unpaired) electrons. The fraction of sp³-hybridized carbons (Fsp3) is 0.214. The predicted molar refractivity (Wildman–Crippen MR) is 76.9 cm³/mol. The number of nitrogens with two attached hydrogens (primary N) is 1. The maximum atomic E-state index is 5.88. The molecule has 0 bridgehead atoms. The topological polar surface area (TPSA) is 52.5 Å². The van der Waals surface area contributed by atoms with Gasteiger partial charge in [0.2, 0.25) is 5.88 Å². The van der Waals surface area contributed by atoms with Crippen LogP contribution in [-0.4, -0.2) is 9.38 Å². The summed E-state index contributed by atoms with van der Waals surface area (Å²) in [5, 5.41) is 1.99. The zero-order chi connectivity index (χ0) is 13.2. The summed E-state index contributed by atoms with van der Waals surface area (Å²) in [6, 6.07) is 8.05. The van der Waals surface area contributed by atoms with Crippen molar-refractivity contribution in [3.8, 4) is 11.6 Å². The summed E-state index contributed by atoms with van der Waals surface area (Å²) >= 11 is 1.57. The van der Waals surface area contributed by atoms with Crippen LogP contribution in [0, 0.1) is 0 Å². The molecule has 0 amide bonds. The minimum Gasteiger partial charge on any atom is -0.437 e. The molecule has 0 atom stereocenters. The van der Waals surface area contributed by atoms with Gasteiger partial charge in [0.15, 0.2) is 4.96 Å². The van der Waals surface area contributed by atoms with E-state index < -0.39 is 0 Å². The maximum absolute atomic E-state index is 5.88. The zero-order valence-corrected chi connectivity index (χ0v) is 11.5. The van der Waals surface area contributed by atoms with Gasteiger partial charge in [-0.3, -0.25) is 4.40 Å². The Morgan fingerprint density at radius 1 is 1.42 bits per heavy atom. The molecule has 98 valence electrons. The molecule has 1 aromatic carbocycles. The van der Waals surface area contributed by atoms with E-state index in [4.69, 9.17) is 10.5 Å². The van der Waals surface area contributed by atoms with Crippen molar-refractivity contribution < 1.29 is 4.74 Å². The first-order chi connectivity index (χ1) is 9.31. The number of fused-ring (bicyclic) bond motifs is 1. The molecule has 3 aromatic rings. The lowest BCUT2D eigenvalue weighted by Crippen LogP contribution is -2.01. The van der Waals surface area contributed by atoms with Crippen LogP contribution in [0.25, 0.3) is 4.96 Å². The van der Waals surface area contributed by atoms with E-state index in [0.717, 1.165) is 22.8 Å². The number of ether oxygens (including phenoxy) is 1. The SMILES string of the molecule is CCc1cccc(Oc2nc3sccn3c2CN)c1. The molecule has 0 aliphatic rings. The van der Waals surface area contributed by atoms with Gasteiger partial charge in [0.1, 0.15) is 11.4 Å². The fourth-order valence-electron chi connectivity index (χ4n) is 2.02. The van der Waals surface area contributed by atoms with Gasteiger partial charge in [-0.25, -0.2) is 0 Å². The zero-order valence-electron chi connectivity index (χ0n) is 10.7. The van der Waals surface area contributed by atoms with E-state index in [9.17, 15) is 0 Å². The summed E-state index contributed by atoms with van der Waals surface area (Å²) in [6.07, 6.45) is 2.95. The minimum atomic E-state index is 0.403. The van der Waals surface area contributed by atoms with E-state index in [1.807, 2.05) is 34.2 Å². The van der Waals surface area contributed by atoms with Crippen LogP contribution in [-0.2, 0) is 13.0 Å². The second-order valence-corrected chi connectivity index (χ2v) is 5.10. The monoisotopic (exact) mass is 273 g/mol. The van der Waals surface area contributed by atoms with Crippen molar-refractivity contribution in [1.82, 2.24) is 9.38 Å². The number of hydrogen-bond donors (Lipinski definition) is 1. The second-order valence-electron chi connectivity index (χ2n) is 4.23. The third-order valence-corrected chi connectivity index (χ3v) is 3.80. The van der Waals surface area contributed by atoms with Crippen LogP contribution in [0.15, 0.2) is 35.8 Å². The highest BCUT2D eigenvalue weighted by atomic mass is 32.1. The van der Waals surface area contributed by atoms with Crippen LogP contribution < -0.4 is 10.5 Å². The summed E-state index contributed by atoms with van der Waals surface area (Å²) < 4.78 is 7.86. The summed E-state index contributed by atoms with van der Waals surface area (Å²) in [7, 11) is 0. The lowest BCUT2D eigenvalue weighted by atomic mass is 10.2. The van der Waals surface area contributed by atoms with Crippen LogP contribution in [0.4, 0.5) is 0 Å². The van der Waals surface area contributed by atoms with Gasteiger partial charge in [-0.1, -0.05) is 19.1 Å². The fourth-order valence-corrected chi connectivity index (χ4v) is 2.75. The van der Waals surface area contributed by atoms with Crippen molar-refractivity contribution in [2.24, 2.45) is 5.73 Å². The molecule has 0 saturated heterocycles. The molecule has 0 fully saturated rings. The number of aryl methyl sites for hydroxylation is 1. The minimum absolute atomic E-state index is 0.403. The van der Waals surface area contributed by atoms with Gasteiger partial charge in [0.05, 0.1) is 0 Å². The Morgan fingerprint density at radius 2 is 2.32 bits per heavy atom. The Balaban J connectivity index is 1.97. The predicted octanol–water partition coefficient (Wildman–Crippen LogP) is 3.21. The number of hydrogen-bond acceptors (Lipinski definition) is 4. The summed E-state index contributed by atoms with van der Waals surface area (Å²) in [6.45, 7) is 2.53. The highest BCUT2D eigenvalue weighted by molar-refractivity contribution is 7.15. The third-order valence-electron chi connectivity index (χ3n) is 3.04. The molecular formula is C14H15N3OS. The molecule has 19 heavy (non-hydrogen) atoms. The molecule has 0 spiro atoms. The first-order valence-electron chi connectivity index (χ1n) is 6.23. The Hall–Kier alpha value is -1.85. The van der Waals surface area contributed by atoms with Crippen molar-refractivity contribution in [1.29, 1.82) is 0 Å². The van der Waals surface area contributed by atoms with Crippen LogP contribution >= 0.6 is 11.3 Å². The molecule has 2 N–H and O–H groups in total. The Morgan fingerprint density at radius 3 is 3.11 bits per heavy atom. The van der Waals surface area contributed by atoms with E-state index in [2.05, 4.69) is 18.0 Å². The van der Waals surface area contributed by atoms with Crippen molar-refractivity contribution in [2.45, 2.75) is 19.9 Å². The number of nitrogens with zero attached hydrogens (tertiary/aromatic N) is 2. The van der Waals surface area contributed by atoms with Crippen molar-refractivity contribution in [3.63, 3.8) is 0 Å². The number of thiazole rings is 1. The molecular weight excluding hydrogens is 258 g/mol. The molecule has 4 nitrogen and oxygen atoms in total. The number of rotatable bonds is 4. The number of imidazole rings is 1. The normalized spacial score (nSPS) is 11.1. The van der Waals surface area contributed by atoms with Crippen LogP contribution in [0.5, 0.6) is 11.6 Å². The summed E-state index contributed by atoms with van der Waals surface area (Å²) in [5.74, 6) is 1.41. The average Bonchev–Trinajstić information content (AvgIpc) is 2.99.